The number of aliphatic carboxylic acids is 1. The van der Waals surface area contributed by atoms with Gasteiger partial charge in [-0.05, 0) is 36.1 Å². The molecule has 13 heteroatoms. The van der Waals surface area contributed by atoms with Gasteiger partial charge in [0.1, 0.15) is 0 Å². The maximum atomic E-state index is 12.3. The first-order chi connectivity index (χ1) is 18.0. The van der Waals surface area contributed by atoms with Crippen LogP contribution in [0.2, 0.25) is 0 Å². The summed E-state index contributed by atoms with van der Waals surface area (Å²) in [7, 11) is -4.93. The summed E-state index contributed by atoms with van der Waals surface area (Å²) in [6.45, 7) is 1.58. The van der Waals surface area contributed by atoms with E-state index in [1.165, 1.54) is 0 Å². The summed E-state index contributed by atoms with van der Waals surface area (Å²) in [4.78, 5) is 65.1. The molecule has 0 radical (unpaired) electrons. The number of fused-ring (bicyclic) bond motifs is 1. The third-order valence-electron chi connectivity index (χ3n) is 5.66. The van der Waals surface area contributed by atoms with Crippen molar-refractivity contribution in [2.45, 2.75) is 57.6 Å². The number of carbonyl (C=O) groups excluding carboxylic acids is 3. The van der Waals surface area contributed by atoms with E-state index in [1.807, 2.05) is 42.5 Å². The van der Waals surface area contributed by atoms with Gasteiger partial charge in [-0.1, -0.05) is 48.9 Å². The molecule has 0 aromatic heterocycles. The van der Waals surface area contributed by atoms with Crippen LogP contribution in [0.3, 0.4) is 0 Å². The summed E-state index contributed by atoms with van der Waals surface area (Å²) < 4.78 is 15.2. The molecule has 2 rings (SSSR count). The quantitative estimate of drug-likeness (QED) is 0.133. The van der Waals surface area contributed by atoms with Crippen LogP contribution < -0.4 is 16.0 Å². The zero-order chi connectivity index (χ0) is 28.1. The molecule has 0 aliphatic heterocycles. The number of hydrogen-bond acceptors (Lipinski definition) is 6. The Bertz CT molecular complexity index is 1160. The van der Waals surface area contributed by atoms with E-state index in [-0.39, 0.29) is 31.2 Å². The van der Waals surface area contributed by atoms with Crippen LogP contribution >= 0.6 is 7.82 Å². The van der Waals surface area contributed by atoms with Gasteiger partial charge in [0.2, 0.25) is 17.7 Å². The molecule has 6 N–H and O–H groups in total. The molecule has 0 saturated carbocycles. The molecule has 0 heterocycles. The predicted octanol–water partition coefficient (Wildman–Crippen LogP) is 1.63. The SMILES string of the molecule is CC(OP(=O)(O)O)[C@H](NC(=O)CCNC(=O)CCCCCNC(=O)Cc1cccc2ccccc12)C(=O)O. The number of phosphoric acid groups is 1. The van der Waals surface area contributed by atoms with Gasteiger partial charge in [0.05, 0.1) is 12.5 Å². The molecule has 2 atom stereocenters. The molecule has 3 amide bonds. The fourth-order valence-electron chi connectivity index (χ4n) is 3.80. The van der Waals surface area contributed by atoms with Crippen molar-refractivity contribution in [3.63, 3.8) is 0 Å². The molecule has 2 aromatic rings. The number of rotatable bonds is 16. The van der Waals surface area contributed by atoms with Gasteiger partial charge in [0, 0.05) is 25.9 Å². The van der Waals surface area contributed by atoms with Gasteiger partial charge in [0.25, 0.3) is 0 Å². The lowest BCUT2D eigenvalue weighted by Crippen LogP contribution is -2.48. The molecular formula is C25H34N3O9P. The first-order valence-corrected chi connectivity index (χ1v) is 13.8. The molecule has 208 valence electrons. The van der Waals surface area contributed by atoms with E-state index >= 15 is 0 Å². The number of phosphoric ester groups is 1. The second kappa shape index (κ2) is 15.2. The molecule has 0 aliphatic carbocycles. The second-order valence-electron chi connectivity index (χ2n) is 8.76. The third kappa shape index (κ3) is 11.4. The summed E-state index contributed by atoms with van der Waals surface area (Å²) >= 11 is 0. The van der Waals surface area contributed by atoms with Crippen LogP contribution in [-0.4, -0.2) is 63.8 Å². The Labute approximate surface area is 220 Å². The van der Waals surface area contributed by atoms with Gasteiger partial charge in [-0.25, -0.2) is 9.36 Å². The van der Waals surface area contributed by atoms with Gasteiger partial charge in [-0.2, -0.15) is 0 Å². The van der Waals surface area contributed by atoms with Crippen LogP contribution in [0.4, 0.5) is 0 Å². The number of carbonyl (C=O) groups is 4. The summed E-state index contributed by atoms with van der Waals surface area (Å²) in [5.74, 6) is -2.58. The Hall–Kier alpha value is -3.31. The standard InChI is InChI=1S/C25H34N3O9P/c1-17(37-38(34,35)36)24(25(32)33)28-22(30)13-15-27-21(29)12-3-2-6-14-26-23(31)16-19-10-7-9-18-8-4-5-11-20(18)19/h4-5,7-11,17,24H,2-3,6,12-16H2,1H3,(H,26,31)(H,27,29)(H,28,30)(H,32,33)(H2,34,35,36)/t17?,24-/m0/s1. The zero-order valence-corrected chi connectivity index (χ0v) is 22.0. The lowest BCUT2D eigenvalue weighted by molar-refractivity contribution is -0.144. The van der Waals surface area contributed by atoms with E-state index in [9.17, 15) is 23.7 Å². The molecule has 2 aromatic carbocycles. The van der Waals surface area contributed by atoms with Crippen LogP contribution in [0.1, 0.15) is 44.6 Å². The lowest BCUT2D eigenvalue weighted by atomic mass is 10.0. The number of amides is 3. The van der Waals surface area contributed by atoms with Crippen LogP contribution in [0.15, 0.2) is 42.5 Å². The van der Waals surface area contributed by atoms with E-state index in [2.05, 4.69) is 20.5 Å². The Morgan fingerprint density at radius 3 is 2.26 bits per heavy atom. The second-order valence-corrected chi connectivity index (χ2v) is 9.95. The molecule has 1 unspecified atom stereocenters. The molecule has 0 saturated heterocycles. The van der Waals surface area contributed by atoms with Crippen molar-refractivity contribution < 1.29 is 43.2 Å². The van der Waals surface area contributed by atoms with Gasteiger partial charge >= 0.3 is 13.8 Å². The highest BCUT2D eigenvalue weighted by Crippen LogP contribution is 2.38. The molecule has 0 bridgehead atoms. The minimum atomic E-state index is -4.93. The van der Waals surface area contributed by atoms with Crippen LogP contribution in [0.5, 0.6) is 0 Å². The van der Waals surface area contributed by atoms with Crippen molar-refractivity contribution in [2.75, 3.05) is 13.1 Å². The van der Waals surface area contributed by atoms with Crippen LogP contribution in [-0.2, 0) is 34.7 Å². The highest BCUT2D eigenvalue weighted by Gasteiger charge is 2.32. The molecule has 0 fully saturated rings. The van der Waals surface area contributed by atoms with E-state index in [0.29, 0.717) is 25.8 Å². The normalized spacial score (nSPS) is 12.9. The summed E-state index contributed by atoms with van der Waals surface area (Å²) in [6.07, 6.45) is 0.852. The molecule has 38 heavy (non-hydrogen) atoms. The third-order valence-corrected chi connectivity index (χ3v) is 6.27. The monoisotopic (exact) mass is 551 g/mol. The number of unbranched alkanes of at least 4 members (excludes halogenated alkanes) is 2. The Morgan fingerprint density at radius 1 is 0.868 bits per heavy atom. The maximum absolute atomic E-state index is 12.3. The molecular weight excluding hydrogens is 517 g/mol. The Kier molecular flexibility index (Phi) is 12.4. The first-order valence-electron chi connectivity index (χ1n) is 12.2. The van der Waals surface area contributed by atoms with Crippen molar-refractivity contribution in [1.82, 2.24) is 16.0 Å². The summed E-state index contributed by atoms with van der Waals surface area (Å²) in [5.41, 5.74) is 0.966. The van der Waals surface area contributed by atoms with E-state index in [4.69, 9.17) is 14.9 Å². The average molecular weight is 552 g/mol. The molecule has 0 spiro atoms. The molecule has 12 nitrogen and oxygen atoms in total. The van der Waals surface area contributed by atoms with E-state index in [0.717, 1.165) is 29.7 Å². The van der Waals surface area contributed by atoms with Crippen molar-refractivity contribution in [3.05, 3.63) is 48.0 Å². The van der Waals surface area contributed by atoms with E-state index < -0.39 is 31.8 Å². The van der Waals surface area contributed by atoms with Crippen molar-refractivity contribution in [3.8, 4) is 0 Å². The lowest BCUT2D eigenvalue weighted by Gasteiger charge is -2.21. The largest absolute Gasteiger partial charge is 0.480 e. The van der Waals surface area contributed by atoms with Gasteiger partial charge in [0.15, 0.2) is 6.04 Å². The van der Waals surface area contributed by atoms with Crippen molar-refractivity contribution in [1.29, 1.82) is 0 Å². The predicted molar refractivity (Wildman–Crippen MR) is 139 cm³/mol. The first kappa shape index (κ1) is 30.9. The highest BCUT2D eigenvalue weighted by atomic mass is 31.2. The molecule has 0 aliphatic rings. The van der Waals surface area contributed by atoms with E-state index in [1.54, 1.807) is 0 Å². The number of benzene rings is 2. The fourth-order valence-corrected chi connectivity index (χ4v) is 4.36. The highest BCUT2D eigenvalue weighted by molar-refractivity contribution is 7.46. The number of carboxylic acid groups (broad SMARTS) is 1. The van der Waals surface area contributed by atoms with Crippen LogP contribution in [0, 0.1) is 0 Å². The van der Waals surface area contributed by atoms with Gasteiger partial charge in [-0.15, -0.1) is 0 Å². The topological polar surface area (TPSA) is 191 Å². The smallest absolute Gasteiger partial charge is 0.469 e. The Morgan fingerprint density at radius 2 is 1.55 bits per heavy atom. The number of hydrogen-bond donors (Lipinski definition) is 6. The number of carboxylic acids is 1. The summed E-state index contributed by atoms with van der Waals surface area (Å²) in [6, 6.07) is 12.1. The van der Waals surface area contributed by atoms with Gasteiger partial charge in [-0.3, -0.25) is 18.9 Å². The number of nitrogens with one attached hydrogen (secondary N) is 3. The fraction of sp³-hybridized carbons (Fsp3) is 0.440. The minimum Gasteiger partial charge on any atom is -0.480 e. The minimum absolute atomic E-state index is 0.0328. The average Bonchev–Trinajstić information content (AvgIpc) is 2.83. The summed E-state index contributed by atoms with van der Waals surface area (Å²) in [5, 5.41) is 18.9. The maximum Gasteiger partial charge on any atom is 0.469 e. The van der Waals surface area contributed by atoms with Crippen LogP contribution in [0.25, 0.3) is 10.8 Å². The van der Waals surface area contributed by atoms with Crippen molar-refractivity contribution in [2.24, 2.45) is 0 Å². The van der Waals surface area contributed by atoms with Crippen molar-refractivity contribution >= 4 is 42.3 Å². The van der Waals surface area contributed by atoms with Gasteiger partial charge < -0.3 is 30.8 Å². The Balaban J connectivity index is 1.57. The zero-order valence-electron chi connectivity index (χ0n) is 21.1.